The zero-order chi connectivity index (χ0) is 17.1. The van der Waals surface area contributed by atoms with Crippen molar-refractivity contribution in [3.05, 3.63) is 46.2 Å². The first-order valence-corrected chi connectivity index (χ1v) is 8.71. The molecule has 8 nitrogen and oxygen atoms in total. The van der Waals surface area contributed by atoms with Gasteiger partial charge in [0.1, 0.15) is 0 Å². The highest BCUT2D eigenvalue weighted by Crippen LogP contribution is 2.33. The van der Waals surface area contributed by atoms with Crippen LogP contribution in [0.15, 0.2) is 35.1 Å². The van der Waals surface area contributed by atoms with Crippen LogP contribution < -0.4 is 5.32 Å². The maximum atomic E-state index is 12.3. The lowest BCUT2D eigenvalue weighted by Crippen LogP contribution is -2.21. The highest BCUT2D eigenvalue weighted by atomic mass is 32.1. The number of thiophene rings is 1. The van der Waals surface area contributed by atoms with Gasteiger partial charge in [-0.3, -0.25) is 4.79 Å². The Bertz CT molecular complexity index is 858. The van der Waals surface area contributed by atoms with E-state index in [1.54, 1.807) is 18.5 Å². The summed E-state index contributed by atoms with van der Waals surface area (Å²) in [6.45, 7) is 0.931. The van der Waals surface area contributed by atoms with Crippen LogP contribution in [0.2, 0.25) is 0 Å². The molecule has 9 heteroatoms. The number of hydrogen-bond donors (Lipinski definition) is 1. The summed E-state index contributed by atoms with van der Waals surface area (Å²) in [5, 5.41) is 6.59. The molecule has 0 radical (unpaired) electrons. The molecule has 0 unspecified atom stereocenters. The van der Waals surface area contributed by atoms with Crippen molar-refractivity contribution in [1.29, 1.82) is 0 Å². The van der Waals surface area contributed by atoms with Crippen LogP contribution in [-0.2, 0) is 11.3 Å². The second-order valence-electron chi connectivity index (χ2n) is 5.47. The Morgan fingerprint density at radius 3 is 2.96 bits per heavy atom. The van der Waals surface area contributed by atoms with Crippen molar-refractivity contribution in [2.75, 3.05) is 6.61 Å². The molecule has 128 valence electrons. The predicted molar refractivity (Wildman–Crippen MR) is 88.7 cm³/mol. The summed E-state index contributed by atoms with van der Waals surface area (Å²) in [4.78, 5) is 26.3. The summed E-state index contributed by atoms with van der Waals surface area (Å²) in [7, 11) is 0. The van der Waals surface area contributed by atoms with Gasteiger partial charge in [-0.05, 0) is 31.0 Å². The Labute approximate surface area is 147 Å². The third-order valence-electron chi connectivity index (χ3n) is 3.73. The van der Waals surface area contributed by atoms with Gasteiger partial charge in [-0.15, -0.1) is 11.3 Å². The fourth-order valence-corrected chi connectivity index (χ4v) is 3.53. The van der Waals surface area contributed by atoms with E-state index in [4.69, 9.17) is 9.26 Å². The molecule has 3 aromatic rings. The van der Waals surface area contributed by atoms with Crippen molar-refractivity contribution in [3.63, 3.8) is 0 Å². The third-order valence-corrected chi connectivity index (χ3v) is 4.91. The lowest BCUT2D eigenvalue weighted by atomic mass is 10.2. The molecule has 1 saturated heterocycles. The number of aromatic nitrogens is 4. The van der Waals surface area contributed by atoms with Gasteiger partial charge >= 0.3 is 0 Å². The second kappa shape index (κ2) is 7.08. The molecule has 0 aliphatic carbocycles. The Morgan fingerprint density at radius 2 is 2.16 bits per heavy atom. The monoisotopic (exact) mass is 357 g/mol. The molecule has 0 bridgehead atoms. The Balaban J connectivity index is 1.37. The summed E-state index contributed by atoms with van der Waals surface area (Å²) < 4.78 is 10.8. The number of rotatable bonds is 5. The normalized spacial score (nSPS) is 16.9. The van der Waals surface area contributed by atoms with Crippen molar-refractivity contribution in [1.82, 2.24) is 25.4 Å². The van der Waals surface area contributed by atoms with Crippen LogP contribution in [0.25, 0.3) is 11.6 Å². The summed E-state index contributed by atoms with van der Waals surface area (Å²) in [5.41, 5.74) is 0. The highest BCUT2D eigenvalue weighted by molar-refractivity contribution is 7.14. The molecule has 0 saturated carbocycles. The quantitative estimate of drug-likeness (QED) is 0.747. The van der Waals surface area contributed by atoms with Crippen molar-refractivity contribution in [2.45, 2.75) is 25.5 Å². The number of nitrogens with zero attached hydrogens (tertiary/aromatic N) is 4. The number of ether oxygens (including phenoxy) is 1. The molecular weight excluding hydrogens is 342 g/mol. The summed E-state index contributed by atoms with van der Waals surface area (Å²) in [5.74, 6) is 0.793. The van der Waals surface area contributed by atoms with Crippen LogP contribution >= 0.6 is 11.3 Å². The standard InChI is InChI=1S/C16H15N5O3S/c22-16(12-5-4-11(25-12)10-3-1-8-23-10)19-9-13-20-15(21-24-13)14-17-6-2-7-18-14/h2,4-7,10H,1,3,8-9H2,(H,19,22)/t10-/m0/s1. The number of amides is 1. The smallest absolute Gasteiger partial charge is 0.261 e. The molecule has 1 fully saturated rings. The zero-order valence-corrected chi connectivity index (χ0v) is 14.0. The predicted octanol–water partition coefficient (Wildman–Crippen LogP) is 2.37. The maximum absolute atomic E-state index is 12.3. The fourth-order valence-electron chi connectivity index (χ4n) is 2.53. The first-order valence-electron chi connectivity index (χ1n) is 7.89. The average Bonchev–Trinajstić information content (AvgIpc) is 3.41. The van der Waals surface area contributed by atoms with Crippen molar-refractivity contribution in [3.8, 4) is 11.6 Å². The van der Waals surface area contributed by atoms with Crippen LogP contribution in [0.5, 0.6) is 0 Å². The minimum absolute atomic E-state index is 0.121. The van der Waals surface area contributed by atoms with Gasteiger partial charge < -0.3 is 14.6 Å². The number of nitrogens with one attached hydrogen (secondary N) is 1. The Morgan fingerprint density at radius 1 is 1.28 bits per heavy atom. The molecule has 1 atom stereocenters. The van der Waals surface area contributed by atoms with E-state index in [0.717, 1.165) is 24.3 Å². The Hall–Kier alpha value is -2.65. The molecule has 25 heavy (non-hydrogen) atoms. The van der Waals surface area contributed by atoms with E-state index < -0.39 is 0 Å². The third kappa shape index (κ3) is 3.57. The van der Waals surface area contributed by atoms with Gasteiger partial charge in [-0.1, -0.05) is 5.16 Å². The lowest BCUT2D eigenvalue weighted by Gasteiger charge is -2.05. The van der Waals surface area contributed by atoms with Crippen LogP contribution in [-0.4, -0.2) is 32.6 Å². The lowest BCUT2D eigenvalue weighted by molar-refractivity contribution is 0.0950. The first-order chi connectivity index (χ1) is 12.3. The zero-order valence-electron chi connectivity index (χ0n) is 13.2. The SMILES string of the molecule is O=C(NCc1nc(-c2ncccn2)no1)c1ccc([C@@H]2CCCO2)s1. The van der Waals surface area contributed by atoms with Crippen molar-refractivity contribution in [2.24, 2.45) is 0 Å². The van der Waals surface area contributed by atoms with E-state index in [9.17, 15) is 4.79 Å². The summed E-state index contributed by atoms with van der Waals surface area (Å²) in [6.07, 6.45) is 5.39. The van der Waals surface area contributed by atoms with E-state index in [2.05, 4.69) is 25.4 Å². The van der Waals surface area contributed by atoms with Gasteiger partial charge in [0, 0.05) is 23.9 Å². The molecule has 1 aliphatic rings. The van der Waals surface area contributed by atoms with Gasteiger partial charge in [-0.2, -0.15) is 4.98 Å². The van der Waals surface area contributed by atoms with E-state index >= 15 is 0 Å². The van der Waals surface area contributed by atoms with E-state index in [0.29, 0.717) is 22.4 Å². The van der Waals surface area contributed by atoms with Crippen LogP contribution in [0.4, 0.5) is 0 Å². The summed E-state index contributed by atoms with van der Waals surface area (Å²) in [6, 6.07) is 5.47. The van der Waals surface area contributed by atoms with Gasteiger partial charge in [0.05, 0.1) is 17.5 Å². The van der Waals surface area contributed by atoms with Crippen LogP contribution in [0.3, 0.4) is 0 Å². The molecule has 0 spiro atoms. The van der Waals surface area contributed by atoms with E-state index in [1.807, 2.05) is 12.1 Å². The second-order valence-corrected chi connectivity index (χ2v) is 6.59. The van der Waals surface area contributed by atoms with Gasteiger partial charge in [-0.25, -0.2) is 9.97 Å². The molecule has 4 rings (SSSR count). The number of carbonyl (C=O) groups excluding carboxylic acids is 1. The maximum Gasteiger partial charge on any atom is 0.261 e. The largest absolute Gasteiger partial charge is 0.373 e. The van der Waals surface area contributed by atoms with E-state index in [1.165, 1.54) is 11.3 Å². The minimum Gasteiger partial charge on any atom is -0.373 e. The number of hydrogen-bond acceptors (Lipinski definition) is 8. The van der Waals surface area contributed by atoms with Crippen LogP contribution in [0, 0.1) is 0 Å². The average molecular weight is 357 g/mol. The van der Waals surface area contributed by atoms with Crippen LogP contribution in [0.1, 0.15) is 39.4 Å². The number of carbonyl (C=O) groups is 1. The molecule has 1 N–H and O–H groups in total. The Kier molecular flexibility index (Phi) is 4.49. The molecule has 1 aliphatic heterocycles. The highest BCUT2D eigenvalue weighted by Gasteiger charge is 2.21. The fraction of sp³-hybridized carbons (Fsp3) is 0.312. The first kappa shape index (κ1) is 15.9. The minimum atomic E-state index is -0.176. The molecule has 1 amide bonds. The molecule has 3 aromatic heterocycles. The molecular formula is C16H15N5O3S. The van der Waals surface area contributed by atoms with Gasteiger partial charge in [0.2, 0.25) is 17.5 Å². The molecule has 0 aromatic carbocycles. The summed E-state index contributed by atoms with van der Waals surface area (Å²) >= 11 is 1.45. The topological polar surface area (TPSA) is 103 Å². The van der Waals surface area contributed by atoms with Gasteiger partial charge in [0.25, 0.3) is 5.91 Å². The molecule has 4 heterocycles. The van der Waals surface area contributed by atoms with Crippen molar-refractivity contribution < 1.29 is 14.1 Å². The van der Waals surface area contributed by atoms with Gasteiger partial charge in [0.15, 0.2) is 0 Å². The van der Waals surface area contributed by atoms with E-state index in [-0.39, 0.29) is 18.6 Å². The van der Waals surface area contributed by atoms with Crippen molar-refractivity contribution >= 4 is 17.2 Å².